The number of hydrogen-bond acceptors (Lipinski definition) is 3. The molecule has 0 atom stereocenters. The maximum Gasteiger partial charge on any atom is 0.251 e. The normalized spacial score (nSPS) is 13.3. The van der Waals surface area contributed by atoms with Crippen molar-refractivity contribution >= 4 is 63.3 Å². The van der Waals surface area contributed by atoms with Crippen LogP contribution in [0.15, 0.2) is 164 Å². The summed E-state index contributed by atoms with van der Waals surface area (Å²) in [5.74, 6) is 3.58. The summed E-state index contributed by atoms with van der Waals surface area (Å²) in [6.45, 7) is 0.0358. The first-order chi connectivity index (χ1) is 23.3. The molecule has 3 aliphatic heterocycles. The van der Waals surface area contributed by atoms with E-state index in [1.54, 1.807) is 0 Å². The Labute approximate surface area is 274 Å². The number of rotatable bonds is 3. The van der Waals surface area contributed by atoms with E-state index >= 15 is 0 Å². The van der Waals surface area contributed by atoms with Crippen molar-refractivity contribution in [1.29, 1.82) is 0 Å². The van der Waals surface area contributed by atoms with Crippen LogP contribution in [0.1, 0.15) is 0 Å². The van der Waals surface area contributed by atoms with E-state index in [4.69, 9.17) is 9.47 Å². The summed E-state index contributed by atoms with van der Waals surface area (Å²) in [6, 6.07) is 58.5. The second-order valence-corrected chi connectivity index (χ2v) is 12.4. The summed E-state index contributed by atoms with van der Waals surface area (Å²) in [4.78, 5) is 2.39. The number of anilines is 3. The van der Waals surface area contributed by atoms with Crippen LogP contribution in [0.4, 0.5) is 17.1 Å². The van der Waals surface area contributed by atoms with E-state index in [0.717, 1.165) is 34.4 Å². The van der Waals surface area contributed by atoms with Crippen LogP contribution in [0.3, 0.4) is 0 Å². The Hall–Kier alpha value is -5.93. The van der Waals surface area contributed by atoms with Gasteiger partial charge in [-0.2, -0.15) is 0 Å². The summed E-state index contributed by atoms with van der Waals surface area (Å²) in [6.07, 6.45) is 0. The van der Waals surface area contributed by atoms with Gasteiger partial charge >= 0.3 is 0 Å². The minimum atomic E-state index is 0.00443. The molecule has 0 saturated heterocycles. The number of fused-ring (bicyclic) bond motifs is 6. The maximum absolute atomic E-state index is 6.55. The Balaban J connectivity index is 1.21. The van der Waals surface area contributed by atoms with Gasteiger partial charge < -0.3 is 14.4 Å². The first-order valence-corrected chi connectivity index (χ1v) is 16.2. The molecule has 0 bridgehead atoms. The maximum atomic E-state index is 6.55. The molecule has 0 saturated carbocycles. The van der Waals surface area contributed by atoms with Gasteiger partial charge in [0.2, 0.25) is 6.71 Å². The predicted molar refractivity (Wildman–Crippen MR) is 195 cm³/mol. The van der Waals surface area contributed by atoms with Gasteiger partial charge in [0.05, 0.1) is 11.4 Å². The van der Waals surface area contributed by atoms with E-state index < -0.39 is 0 Å². The highest BCUT2D eigenvalue weighted by molar-refractivity contribution is 7.00. The second-order valence-electron chi connectivity index (χ2n) is 12.4. The van der Waals surface area contributed by atoms with Crippen LogP contribution in [0.2, 0.25) is 0 Å². The lowest BCUT2D eigenvalue weighted by molar-refractivity contribution is 0.477. The van der Waals surface area contributed by atoms with Gasteiger partial charge in [-0.1, -0.05) is 138 Å². The van der Waals surface area contributed by atoms with Crippen molar-refractivity contribution in [3.8, 4) is 34.1 Å². The van der Waals surface area contributed by atoms with Crippen LogP contribution < -0.4 is 47.2 Å². The van der Waals surface area contributed by atoms with E-state index in [1.165, 1.54) is 49.6 Å². The van der Waals surface area contributed by atoms with Crippen molar-refractivity contribution in [3.63, 3.8) is 0 Å². The molecule has 0 amide bonds. The summed E-state index contributed by atoms with van der Waals surface area (Å²) in [5, 5.41) is 0. The molecular weight excluding hydrogens is 572 g/mol. The van der Waals surface area contributed by atoms with Gasteiger partial charge in [-0.25, -0.2) is 0 Å². The third-order valence-electron chi connectivity index (χ3n) is 9.89. The fourth-order valence-corrected chi connectivity index (χ4v) is 7.98. The molecule has 3 aliphatic rings. The number of nitrogens with zero attached hydrogens (tertiary/aromatic N) is 1. The van der Waals surface area contributed by atoms with Gasteiger partial charge in [0.1, 0.15) is 11.5 Å². The van der Waals surface area contributed by atoms with E-state index in [-0.39, 0.29) is 13.4 Å². The summed E-state index contributed by atoms with van der Waals surface area (Å²) in [5.41, 5.74) is 13.2. The number of benzene rings is 7. The highest BCUT2D eigenvalue weighted by Gasteiger charge is 2.41. The predicted octanol–water partition coefficient (Wildman–Crippen LogP) is 6.38. The Morgan fingerprint density at radius 3 is 1.40 bits per heavy atom. The Morgan fingerprint density at radius 1 is 0.319 bits per heavy atom. The zero-order valence-corrected chi connectivity index (χ0v) is 25.5. The molecule has 0 aliphatic carbocycles. The Morgan fingerprint density at radius 2 is 0.745 bits per heavy atom. The first-order valence-electron chi connectivity index (χ1n) is 16.2. The second kappa shape index (κ2) is 10.3. The third-order valence-corrected chi connectivity index (χ3v) is 9.89. The molecular formula is C42H27B2NO2. The third kappa shape index (κ3) is 3.90. The van der Waals surface area contributed by atoms with Gasteiger partial charge in [-0.15, -0.1) is 0 Å². The quantitative estimate of drug-likeness (QED) is 0.220. The smallest absolute Gasteiger partial charge is 0.251 e. The number of ether oxygens (including phenoxy) is 2. The molecule has 0 aromatic heterocycles. The monoisotopic (exact) mass is 599 g/mol. The lowest BCUT2D eigenvalue weighted by Gasteiger charge is -2.41. The van der Waals surface area contributed by atoms with E-state index in [0.29, 0.717) is 0 Å². The molecule has 0 fully saturated rings. The fourth-order valence-electron chi connectivity index (χ4n) is 7.98. The summed E-state index contributed by atoms with van der Waals surface area (Å²) < 4.78 is 13.0. The highest BCUT2D eigenvalue weighted by Crippen LogP contribution is 2.50. The number of para-hydroxylation sites is 6. The Kier molecular flexibility index (Phi) is 5.76. The minimum Gasteiger partial charge on any atom is -0.458 e. The van der Waals surface area contributed by atoms with Crippen molar-refractivity contribution in [2.45, 2.75) is 0 Å². The first kappa shape index (κ1) is 26.3. The molecule has 0 N–H and O–H groups in total. The molecule has 0 spiro atoms. The molecule has 218 valence electrons. The Bertz CT molecular complexity index is 2320. The molecule has 10 rings (SSSR count). The van der Waals surface area contributed by atoms with Gasteiger partial charge in [0, 0.05) is 5.69 Å². The molecule has 3 heterocycles. The molecule has 3 nitrogen and oxygen atoms in total. The van der Waals surface area contributed by atoms with Crippen molar-refractivity contribution in [2.24, 2.45) is 0 Å². The molecule has 7 aromatic carbocycles. The molecule has 0 unspecified atom stereocenters. The van der Waals surface area contributed by atoms with Crippen LogP contribution in [-0.4, -0.2) is 13.4 Å². The molecule has 5 heteroatoms. The molecule has 0 radical (unpaired) electrons. The topological polar surface area (TPSA) is 21.7 Å². The minimum absolute atomic E-state index is 0.00443. The van der Waals surface area contributed by atoms with Crippen molar-refractivity contribution in [3.05, 3.63) is 164 Å². The van der Waals surface area contributed by atoms with E-state index in [1.807, 2.05) is 6.07 Å². The van der Waals surface area contributed by atoms with Gasteiger partial charge in [-0.3, -0.25) is 0 Å². The van der Waals surface area contributed by atoms with Gasteiger partial charge in [0.15, 0.2) is 11.5 Å². The van der Waals surface area contributed by atoms with Crippen LogP contribution >= 0.6 is 0 Å². The zero-order chi connectivity index (χ0) is 30.9. The van der Waals surface area contributed by atoms with Crippen LogP contribution in [0, 0.1) is 0 Å². The lowest BCUT2D eigenvalue weighted by atomic mass is 9.33. The van der Waals surface area contributed by atoms with Crippen molar-refractivity contribution < 1.29 is 9.47 Å². The average Bonchev–Trinajstić information content (AvgIpc) is 3.14. The largest absolute Gasteiger partial charge is 0.458 e. The highest BCUT2D eigenvalue weighted by atomic mass is 16.5. The van der Waals surface area contributed by atoms with E-state index in [2.05, 4.69) is 163 Å². The molecule has 7 aromatic rings. The molecule has 47 heavy (non-hydrogen) atoms. The van der Waals surface area contributed by atoms with Crippen LogP contribution in [0.5, 0.6) is 23.0 Å². The van der Waals surface area contributed by atoms with Gasteiger partial charge in [0.25, 0.3) is 6.71 Å². The fraction of sp³-hybridized carbons (Fsp3) is 0. The zero-order valence-electron chi connectivity index (χ0n) is 25.5. The number of hydrogen-bond donors (Lipinski definition) is 0. The van der Waals surface area contributed by atoms with Gasteiger partial charge in [-0.05, 0) is 69.4 Å². The van der Waals surface area contributed by atoms with Crippen LogP contribution in [-0.2, 0) is 0 Å². The van der Waals surface area contributed by atoms with Crippen molar-refractivity contribution in [2.75, 3.05) is 4.90 Å². The average molecular weight is 599 g/mol. The van der Waals surface area contributed by atoms with Crippen LogP contribution in [0.25, 0.3) is 11.1 Å². The van der Waals surface area contributed by atoms with E-state index in [9.17, 15) is 0 Å². The summed E-state index contributed by atoms with van der Waals surface area (Å²) in [7, 11) is 0. The SMILES string of the molecule is c1ccc2c(c1)Oc1ccccc1B2c1ccccc1-c1ccccc1B1c2ccccc2N2c3ccccc3Oc3cccc1c32. The standard InChI is InChI=1S/C42H27B2NO2/c1-3-16-30(43-32-18-5-8-22-36(32)45-37-23-9-12-26-40(37)47-41-27-13-21-35(43)42(41)45)28(14-1)29-15-2-4-17-31(29)44-33-19-6-10-24-38(33)46-39-25-11-7-20-34(39)44/h1-27H. The lowest BCUT2D eigenvalue weighted by Crippen LogP contribution is -2.58. The summed E-state index contributed by atoms with van der Waals surface area (Å²) >= 11 is 0. The van der Waals surface area contributed by atoms with Crippen molar-refractivity contribution in [1.82, 2.24) is 0 Å².